The number of pyridine rings is 1. The smallest absolute Gasteiger partial charge is 0.386 e. The predicted molar refractivity (Wildman–Crippen MR) is 153 cm³/mol. The van der Waals surface area contributed by atoms with Crippen LogP contribution in [-0.2, 0) is 23.9 Å². The molecule has 0 radical (unpaired) electrons. The Morgan fingerprint density at radius 2 is 1.53 bits per heavy atom. The first-order chi connectivity index (χ1) is 20.6. The summed E-state index contributed by atoms with van der Waals surface area (Å²) in [5.41, 5.74) is 2.13. The second-order valence-electron chi connectivity index (χ2n) is 9.64. The van der Waals surface area contributed by atoms with Gasteiger partial charge in [0, 0.05) is 19.2 Å². The molecule has 2 atom stereocenters. The highest BCUT2D eigenvalue weighted by molar-refractivity contribution is 5.90. The Kier molecular flexibility index (Phi) is 12.2. The first kappa shape index (κ1) is 32.8. The van der Waals surface area contributed by atoms with Gasteiger partial charge in [0.25, 0.3) is 0 Å². The number of amides is 2. The van der Waals surface area contributed by atoms with Crippen LogP contribution in [0.3, 0.4) is 0 Å². The Morgan fingerprint density at radius 1 is 0.860 bits per heavy atom. The molecule has 2 amide bonds. The molecule has 9 nitrogen and oxygen atoms in total. The lowest BCUT2D eigenvalue weighted by Gasteiger charge is -2.23. The van der Waals surface area contributed by atoms with Crippen LogP contribution in [0.4, 0.5) is 19.0 Å². The summed E-state index contributed by atoms with van der Waals surface area (Å²) in [5.74, 6) is -4.36. The summed E-state index contributed by atoms with van der Waals surface area (Å²) < 4.78 is 41.8. The molecule has 228 valence electrons. The van der Waals surface area contributed by atoms with Gasteiger partial charge in [-0.2, -0.15) is 13.2 Å². The van der Waals surface area contributed by atoms with E-state index in [1.165, 1.54) is 0 Å². The quantitative estimate of drug-likeness (QED) is 0.134. The van der Waals surface area contributed by atoms with E-state index >= 15 is 0 Å². The van der Waals surface area contributed by atoms with Gasteiger partial charge in [-0.05, 0) is 48.1 Å². The zero-order valence-electron chi connectivity index (χ0n) is 23.5. The molecular formula is C31H33F3N4O5. The Balaban J connectivity index is 1.62. The van der Waals surface area contributed by atoms with Crippen LogP contribution in [0.25, 0.3) is 11.1 Å². The highest BCUT2D eigenvalue weighted by atomic mass is 19.4. The Morgan fingerprint density at radius 3 is 2.16 bits per heavy atom. The van der Waals surface area contributed by atoms with Crippen molar-refractivity contribution in [2.45, 2.75) is 57.3 Å². The molecule has 0 fully saturated rings. The number of rotatable bonds is 14. The standard InChI is InChI=1S/C31H33F3N4O5/c1-2-24(37-27(39)13-7-9-19-36-26-12-6-8-18-35-26)29(41)38-25(20-28(40)43-30(42)31(32,33)34)23-16-14-22(15-17-23)21-10-4-3-5-11-21/h3-6,8,10-12,14-18,24-25H,2,7,9,13,19-20H2,1H3,(H,35,36)(H,37,39)(H,38,41)/t24-,25?/m0/s1. The van der Waals surface area contributed by atoms with Crippen LogP contribution >= 0.6 is 0 Å². The van der Waals surface area contributed by atoms with E-state index in [0.29, 0.717) is 24.9 Å². The largest absolute Gasteiger partial charge is 0.491 e. The Hall–Kier alpha value is -4.74. The van der Waals surface area contributed by atoms with E-state index in [0.717, 1.165) is 16.9 Å². The molecule has 0 spiro atoms. The topological polar surface area (TPSA) is 126 Å². The molecule has 0 aliphatic rings. The van der Waals surface area contributed by atoms with E-state index in [2.05, 4.69) is 25.7 Å². The molecule has 1 heterocycles. The minimum Gasteiger partial charge on any atom is -0.386 e. The molecule has 0 aliphatic carbocycles. The predicted octanol–water partition coefficient (Wildman–Crippen LogP) is 5.11. The van der Waals surface area contributed by atoms with Crippen molar-refractivity contribution in [3.05, 3.63) is 84.6 Å². The molecule has 0 saturated heterocycles. The fraction of sp³-hybridized carbons (Fsp3) is 0.323. The van der Waals surface area contributed by atoms with Crippen molar-refractivity contribution in [2.24, 2.45) is 0 Å². The molecule has 3 aromatic rings. The molecule has 0 saturated carbocycles. The van der Waals surface area contributed by atoms with Crippen LogP contribution in [0.15, 0.2) is 79.0 Å². The highest BCUT2D eigenvalue weighted by Crippen LogP contribution is 2.25. The van der Waals surface area contributed by atoms with Crippen molar-refractivity contribution in [3.8, 4) is 11.1 Å². The SMILES string of the molecule is CC[C@H](NC(=O)CCCCNc1ccccn1)C(=O)NC(CC(=O)OC(=O)C(F)(F)F)c1ccc(-c2ccccc2)cc1. The van der Waals surface area contributed by atoms with Crippen molar-refractivity contribution in [1.29, 1.82) is 0 Å². The maximum Gasteiger partial charge on any atom is 0.491 e. The molecule has 3 N–H and O–H groups in total. The fourth-order valence-corrected chi connectivity index (χ4v) is 4.15. The van der Waals surface area contributed by atoms with Crippen LogP contribution < -0.4 is 16.0 Å². The van der Waals surface area contributed by atoms with Gasteiger partial charge in [0.15, 0.2) is 0 Å². The number of nitrogens with zero attached hydrogens (tertiary/aromatic N) is 1. The second-order valence-corrected chi connectivity index (χ2v) is 9.64. The van der Waals surface area contributed by atoms with Crippen molar-refractivity contribution in [1.82, 2.24) is 15.6 Å². The van der Waals surface area contributed by atoms with E-state index in [-0.39, 0.29) is 18.7 Å². The van der Waals surface area contributed by atoms with Crippen LogP contribution in [0.1, 0.15) is 50.6 Å². The van der Waals surface area contributed by atoms with Crippen molar-refractivity contribution in [2.75, 3.05) is 11.9 Å². The molecule has 3 rings (SSSR count). The van der Waals surface area contributed by atoms with Gasteiger partial charge in [0.1, 0.15) is 11.9 Å². The van der Waals surface area contributed by atoms with E-state index in [9.17, 15) is 32.3 Å². The number of esters is 2. The van der Waals surface area contributed by atoms with Gasteiger partial charge >= 0.3 is 18.1 Å². The number of carbonyl (C=O) groups is 4. The number of halogens is 3. The number of alkyl halides is 3. The van der Waals surface area contributed by atoms with Gasteiger partial charge in [-0.3, -0.25) is 14.4 Å². The molecule has 43 heavy (non-hydrogen) atoms. The van der Waals surface area contributed by atoms with Crippen molar-refractivity contribution < 1.29 is 37.1 Å². The Bertz CT molecular complexity index is 1350. The highest BCUT2D eigenvalue weighted by Gasteiger charge is 2.42. The van der Waals surface area contributed by atoms with E-state index in [1.54, 1.807) is 43.5 Å². The van der Waals surface area contributed by atoms with Crippen LogP contribution in [0.2, 0.25) is 0 Å². The number of hydrogen-bond donors (Lipinski definition) is 3. The van der Waals surface area contributed by atoms with Crippen molar-refractivity contribution in [3.63, 3.8) is 0 Å². The summed E-state index contributed by atoms with van der Waals surface area (Å²) in [5, 5.41) is 8.43. The third kappa shape index (κ3) is 10.9. The fourth-order valence-electron chi connectivity index (χ4n) is 4.15. The number of nitrogens with one attached hydrogen (secondary N) is 3. The van der Waals surface area contributed by atoms with Gasteiger partial charge in [-0.25, -0.2) is 9.78 Å². The maximum atomic E-state index is 13.1. The van der Waals surface area contributed by atoms with Crippen molar-refractivity contribution >= 4 is 29.6 Å². The van der Waals surface area contributed by atoms with Gasteiger partial charge in [-0.1, -0.05) is 67.6 Å². The first-order valence-corrected chi connectivity index (χ1v) is 13.8. The lowest BCUT2D eigenvalue weighted by molar-refractivity contribution is -0.202. The molecule has 2 aromatic carbocycles. The number of benzene rings is 2. The number of carbonyl (C=O) groups excluding carboxylic acids is 4. The van der Waals surface area contributed by atoms with Gasteiger partial charge < -0.3 is 20.7 Å². The third-order valence-electron chi connectivity index (χ3n) is 6.41. The minimum atomic E-state index is -5.35. The van der Waals surface area contributed by atoms with Crippen LogP contribution in [-0.4, -0.2) is 47.5 Å². The zero-order valence-corrected chi connectivity index (χ0v) is 23.5. The number of hydrogen-bond acceptors (Lipinski definition) is 7. The van der Waals surface area contributed by atoms with E-state index in [1.807, 2.05) is 42.5 Å². The average molecular weight is 599 g/mol. The number of ether oxygens (including phenoxy) is 1. The lowest BCUT2D eigenvalue weighted by atomic mass is 9.98. The third-order valence-corrected chi connectivity index (χ3v) is 6.41. The first-order valence-electron chi connectivity index (χ1n) is 13.8. The Labute approximate surface area is 247 Å². The molecule has 1 unspecified atom stereocenters. The van der Waals surface area contributed by atoms with Crippen LogP contribution in [0, 0.1) is 0 Å². The van der Waals surface area contributed by atoms with E-state index < -0.39 is 42.5 Å². The molecular weight excluding hydrogens is 565 g/mol. The molecule has 0 aliphatic heterocycles. The summed E-state index contributed by atoms with van der Waals surface area (Å²) in [4.78, 5) is 53.3. The number of anilines is 1. The van der Waals surface area contributed by atoms with Crippen LogP contribution in [0.5, 0.6) is 0 Å². The van der Waals surface area contributed by atoms with E-state index in [4.69, 9.17) is 0 Å². The molecule has 12 heteroatoms. The second kappa shape index (κ2) is 16.0. The van der Waals surface area contributed by atoms with Gasteiger partial charge in [-0.15, -0.1) is 0 Å². The molecule has 1 aromatic heterocycles. The number of unbranched alkanes of at least 4 members (excludes halogenated alkanes) is 1. The normalized spacial score (nSPS) is 12.5. The zero-order chi connectivity index (χ0) is 31.2. The lowest BCUT2D eigenvalue weighted by Crippen LogP contribution is -2.47. The van der Waals surface area contributed by atoms with Gasteiger partial charge in [0.2, 0.25) is 11.8 Å². The summed E-state index contributed by atoms with van der Waals surface area (Å²) in [7, 11) is 0. The maximum absolute atomic E-state index is 13.1. The summed E-state index contributed by atoms with van der Waals surface area (Å²) in [6, 6.07) is 19.5. The summed E-state index contributed by atoms with van der Waals surface area (Å²) in [6.07, 6.45) is -2.80. The van der Waals surface area contributed by atoms with Gasteiger partial charge in [0.05, 0.1) is 12.5 Å². The number of aromatic nitrogens is 1. The molecule has 0 bridgehead atoms. The summed E-state index contributed by atoms with van der Waals surface area (Å²) in [6.45, 7) is 2.29. The monoisotopic (exact) mass is 598 g/mol. The minimum absolute atomic E-state index is 0.171. The summed E-state index contributed by atoms with van der Waals surface area (Å²) >= 11 is 0. The average Bonchev–Trinajstić information content (AvgIpc) is 2.99.